The fourth-order valence-corrected chi connectivity index (χ4v) is 1.39. The Labute approximate surface area is 94.7 Å². The molecule has 0 aliphatic carbocycles. The molecule has 0 fully saturated rings. The van der Waals surface area contributed by atoms with Crippen molar-refractivity contribution in [3.05, 3.63) is 36.2 Å². The molecule has 2 aromatic rings. The maximum atomic E-state index is 5.53. The van der Waals surface area contributed by atoms with E-state index in [2.05, 4.69) is 22.4 Å². The van der Waals surface area contributed by atoms with Gasteiger partial charge in [-0.2, -0.15) is 0 Å². The molecule has 0 amide bonds. The van der Waals surface area contributed by atoms with Crippen molar-refractivity contribution in [2.75, 3.05) is 6.54 Å². The third-order valence-corrected chi connectivity index (χ3v) is 2.19. The monoisotopic (exact) mass is 217 g/mol. The van der Waals surface area contributed by atoms with Gasteiger partial charge in [-0.3, -0.25) is 0 Å². The van der Waals surface area contributed by atoms with Crippen LogP contribution in [0.2, 0.25) is 0 Å². The van der Waals surface area contributed by atoms with E-state index in [4.69, 9.17) is 4.42 Å². The Balaban J connectivity index is 2.02. The van der Waals surface area contributed by atoms with Crippen LogP contribution in [0.15, 0.2) is 34.7 Å². The molecule has 0 unspecified atom stereocenters. The van der Waals surface area contributed by atoms with Gasteiger partial charge in [0.05, 0.1) is 6.54 Å². The minimum atomic E-state index is 0.578. The Kier molecular flexibility index (Phi) is 3.66. The van der Waals surface area contributed by atoms with Gasteiger partial charge >= 0.3 is 0 Å². The maximum Gasteiger partial charge on any atom is 0.247 e. The number of hydrogen-bond acceptors (Lipinski definition) is 4. The van der Waals surface area contributed by atoms with Gasteiger partial charge in [0.1, 0.15) is 0 Å². The normalized spacial score (nSPS) is 10.6. The van der Waals surface area contributed by atoms with Gasteiger partial charge in [0.2, 0.25) is 11.8 Å². The highest BCUT2D eigenvalue weighted by molar-refractivity contribution is 5.51. The van der Waals surface area contributed by atoms with Gasteiger partial charge in [-0.25, -0.2) is 0 Å². The lowest BCUT2D eigenvalue weighted by Gasteiger charge is -1.96. The molecular formula is C12H15N3O. The Morgan fingerprint density at radius 3 is 2.75 bits per heavy atom. The number of benzene rings is 1. The molecule has 1 N–H and O–H groups in total. The highest BCUT2D eigenvalue weighted by Gasteiger charge is 2.06. The van der Waals surface area contributed by atoms with Crippen LogP contribution < -0.4 is 5.32 Å². The number of nitrogens with zero attached hydrogens (tertiary/aromatic N) is 2. The Hall–Kier alpha value is -1.68. The van der Waals surface area contributed by atoms with E-state index >= 15 is 0 Å². The van der Waals surface area contributed by atoms with Crippen molar-refractivity contribution in [1.29, 1.82) is 0 Å². The van der Waals surface area contributed by atoms with Crippen LogP contribution in [0.25, 0.3) is 11.5 Å². The summed E-state index contributed by atoms with van der Waals surface area (Å²) in [6.45, 7) is 3.72. The zero-order chi connectivity index (χ0) is 11.2. The van der Waals surface area contributed by atoms with Gasteiger partial charge in [-0.1, -0.05) is 25.1 Å². The average molecular weight is 217 g/mol. The lowest BCUT2D eigenvalue weighted by molar-refractivity contribution is 0.477. The molecule has 0 bridgehead atoms. The van der Waals surface area contributed by atoms with Crippen LogP contribution >= 0.6 is 0 Å². The Morgan fingerprint density at radius 2 is 2.00 bits per heavy atom. The summed E-state index contributed by atoms with van der Waals surface area (Å²) in [5.41, 5.74) is 0.955. The molecule has 0 radical (unpaired) electrons. The van der Waals surface area contributed by atoms with Crippen LogP contribution in [0.5, 0.6) is 0 Å². The van der Waals surface area contributed by atoms with Gasteiger partial charge in [0, 0.05) is 5.56 Å². The fourth-order valence-electron chi connectivity index (χ4n) is 1.39. The standard InChI is InChI=1S/C12H15N3O/c1-2-8-13-9-11-14-15-12(16-11)10-6-4-3-5-7-10/h3-7,13H,2,8-9H2,1H3. The SMILES string of the molecule is CCCNCc1nnc(-c2ccccc2)o1. The highest BCUT2D eigenvalue weighted by Crippen LogP contribution is 2.16. The summed E-state index contributed by atoms with van der Waals surface area (Å²) in [4.78, 5) is 0. The van der Waals surface area contributed by atoms with E-state index in [1.807, 2.05) is 30.3 Å². The third kappa shape index (κ3) is 2.67. The van der Waals surface area contributed by atoms with Crippen LogP contribution in [0.4, 0.5) is 0 Å². The fraction of sp³-hybridized carbons (Fsp3) is 0.333. The van der Waals surface area contributed by atoms with Gasteiger partial charge in [0.25, 0.3) is 0 Å². The first-order valence-electron chi connectivity index (χ1n) is 5.48. The van der Waals surface area contributed by atoms with Crippen molar-refractivity contribution >= 4 is 0 Å². The summed E-state index contributed by atoms with van der Waals surface area (Å²) >= 11 is 0. The molecule has 1 aromatic heterocycles. The van der Waals surface area contributed by atoms with Crippen molar-refractivity contribution in [2.45, 2.75) is 19.9 Å². The Morgan fingerprint density at radius 1 is 1.19 bits per heavy atom. The molecule has 0 aliphatic rings. The summed E-state index contributed by atoms with van der Waals surface area (Å²) in [5.74, 6) is 1.21. The first-order chi connectivity index (χ1) is 7.90. The molecule has 4 nitrogen and oxygen atoms in total. The Bertz CT molecular complexity index is 425. The lowest BCUT2D eigenvalue weighted by Crippen LogP contribution is -2.13. The zero-order valence-electron chi connectivity index (χ0n) is 9.31. The molecule has 0 saturated carbocycles. The molecule has 0 spiro atoms. The number of nitrogens with one attached hydrogen (secondary N) is 1. The second-order valence-corrected chi connectivity index (χ2v) is 3.54. The first kappa shape index (κ1) is 10.8. The number of rotatable bonds is 5. The lowest BCUT2D eigenvalue weighted by atomic mass is 10.2. The predicted octanol–water partition coefficient (Wildman–Crippen LogP) is 2.24. The molecule has 0 saturated heterocycles. The highest BCUT2D eigenvalue weighted by atomic mass is 16.4. The van der Waals surface area contributed by atoms with Crippen LogP contribution in [-0.4, -0.2) is 16.7 Å². The van der Waals surface area contributed by atoms with E-state index in [1.165, 1.54) is 0 Å². The van der Waals surface area contributed by atoms with Crippen LogP contribution in [0, 0.1) is 0 Å². The van der Waals surface area contributed by atoms with Crippen molar-refractivity contribution in [3.63, 3.8) is 0 Å². The minimum Gasteiger partial charge on any atom is -0.419 e. The smallest absolute Gasteiger partial charge is 0.247 e. The maximum absolute atomic E-state index is 5.53. The average Bonchev–Trinajstić information content (AvgIpc) is 2.79. The van der Waals surface area contributed by atoms with Gasteiger partial charge < -0.3 is 9.73 Å². The summed E-state index contributed by atoms with van der Waals surface area (Å²) in [7, 11) is 0. The second kappa shape index (κ2) is 5.42. The predicted molar refractivity (Wildman–Crippen MR) is 61.7 cm³/mol. The summed E-state index contributed by atoms with van der Waals surface area (Å²) < 4.78 is 5.53. The largest absolute Gasteiger partial charge is 0.419 e. The molecule has 1 aromatic carbocycles. The van der Waals surface area contributed by atoms with Crippen molar-refractivity contribution in [2.24, 2.45) is 0 Å². The van der Waals surface area contributed by atoms with Crippen molar-refractivity contribution in [3.8, 4) is 11.5 Å². The summed E-state index contributed by atoms with van der Waals surface area (Å²) in [5, 5.41) is 11.2. The van der Waals surface area contributed by atoms with E-state index in [-0.39, 0.29) is 0 Å². The van der Waals surface area contributed by atoms with Crippen LogP contribution in [-0.2, 0) is 6.54 Å². The van der Waals surface area contributed by atoms with E-state index in [0.717, 1.165) is 18.5 Å². The van der Waals surface area contributed by atoms with Crippen molar-refractivity contribution < 1.29 is 4.42 Å². The minimum absolute atomic E-state index is 0.578. The molecule has 4 heteroatoms. The molecular weight excluding hydrogens is 202 g/mol. The first-order valence-corrected chi connectivity index (χ1v) is 5.48. The third-order valence-electron chi connectivity index (χ3n) is 2.19. The molecule has 0 atom stereocenters. The van der Waals surface area contributed by atoms with E-state index in [1.54, 1.807) is 0 Å². The van der Waals surface area contributed by atoms with Crippen molar-refractivity contribution in [1.82, 2.24) is 15.5 Å². The molecule has 2 rings (SSSR count). The quantitative estimate of drug-likeness (QED) is 0.780. The van der Waals surface area contributed by atoms with Gasteiger partial charge in [-0.05, 0) is 25.1 Å². The summed E-state index contributed by atoms with van der Waals surface area (Å²) in [6.07, 6.45) is 1.10. The second-order valence-electron chi connectivity index (χ2n) is 3.54. The van der Waals surface area contributed by atoms with E-state index in [0.29, 0.717) is 18.3 Å². The number of hydrogen-bond donors (Lipinski definition) is 1. The number of aromatic nitrogens is 2. The molecule has 1 heterocycles. The topological polar surface area (TPSA) is 51.0 Å². The summed E-state index contributed by atoms with van der Waals surface area (Å²) in [6, 6.07) is 9.78. The van der Waals surface area contributed by atoms with Crippen LogP contribution in [0.1, 0.15) is 19.2 Å². The van der Waals surface area contributed by atoms with E-state index in [9.17, 15) is 0 Å². The van der Waals surface area contributed by atoms with Gasteiger partial charge in [-0.15, -0.1) is 10.2 Å². The van der Waals surface area contributed by atoms with Crippen LogP contribution in [0.3, 0.4) is 0 Å². The molecule has 0 aliphatic heterocycles. The van der Waals surface area contributed by atoms with Gasteiger partial charge in [0.15, 0.2) is 0 Å². The molecule has 16 heavy (non-hydrogen) atoms. The zero-order valence-corrected chi connectivity index (χ0v) is 9.31. The van der Waals surface area contributed by atoms with E-state index < -0.39 is 0 Å². The molecule has 84 valence electrons.